The summed E-state index contributed by atoms with van der Waals surface area (Å²) in [6, 6.07) is 3.95. The zero-order valence-electron chi connectivity index (χ0n) is 11.5. The van der Waals surface area contributed by atoms with E-state index in [-0.39, 0.29) is 0 Å². The van der Waals surface area contributed by atoms with Crippen molar-refractivity contribution in [2.45, 2.75) is 25.9 Å². The fourth-order valence-electron chi connectivity index (χ4n) is 2.36. The van der Waals surface area contributed by atoms with Gasteiger partial charge in [0.25, 0.3) is 0 Å². The maximum Gasteiger partial charge on any atom is 0.222 e. The van der Waals surface area contributed by atoms with Crippen molar-refractivity contribution >= 4 is 5.95 Å². The van der Waals surface area contributed by atoms with E-state index in [2.05, 4.69) is 20.3 Å². The first kappa shape index (κ1) is 13.0. The third-order valence-electron chi connectivity index (χ3n) is 3.48. The van der Waals surface area contributed by atoms with Crippen molar-refractivity contribution < 1.29 is 4.74 Å². The minimum atomic E-state index is 0.291. The molecule has 0 saturated carbocycles. The highest BCUT2D eigenvalue weighted by atomic mass is 16.5. The second-order valence-electron chi connectivity index (χ2n) is 4.95. The topological polar surface area (TPSA) is 59.9 Å². The number of aromatic nitrogens is 3. The quantitative estimate of drug-likeness (QED) is 0.924. The van der Waals surface area contributed by atoms with E-state index in [0.29, 0.717) is 12.1 Å². The number of hydrogen-bond acceptors (Lipinski definition) is 5. The fourth-order valence-corrected chi connectivity index (χ4v) is 2.36. The molecule has 0 radical (unpaired) electrons. The summed E-state index contributed by atoms with van der Waals surface area (Å²) in [5, 5.41) is 3.22. The van der Waals surface area contributed by atoms with Gasteiger partial charge < -0.3 is 10.1 Å². The van der Waals surface area contributed by atoms with Gasteiger partial charge in [-0.1, -0.05) is 6.07 Å². The molecule has 104 valence electrons. The van der Waals surface area contributed by atoms with Crippen molar-refractivity contribution in [3.05, 3.63) is 36.4 Å². The van der Waals surface area contributed by atoms with E-state index >= 15 is 0 Å². The van der Waals surface area contributed by atoms with Gasteiger partial charge in [-0.25, -0.2) is 9.97 Å². The molecule has 1 saturated heterocycles. The Morgan fingerprint density at radius 1 is 1.30 bits per heavy atom. The van der Waals surface area contributed by atoms with E-state index in [1.54, 1.807) is 6.20 Å². The van der Waals surface area contributed by atoms with Crippen molar-refractivity contribution in [3.63, 3.8) is 0 Å². The first-order valence-electron chi connectivity index (χ1n) is 6.92. The van der Waals surface area contributed by atoms with Crippen molar-refractivity contribution in [3.8, 4) is 11.1 Å². The predicted octanol–water partition coefficient (Wildman–Crippen LogP) is 2.44. The highest BCUT2D eigenvalue weighted by Gasteiger charge is 2.15. The van der Waals surface area contributed by atoms with Crippen LogP contribution in [0.3, 0.4) is 0 Å². The lowest BCUT2D eigenvalue weighted by Crippen LogP contribution is -2.19. The fraction of sp³-hybridized carbons (Fsp3) is 0.400. The van der Waals surface area contributed by atoms with Gasteiger partial charge in [-0.15, -0.1) is 0 Å². The van der Waals surface area contributed by atoms with E-state index in [9.17, 15) is 0 Å². The normalized spacial score (nSPS) is 18.1. The van der Waals surface area contributed by atoms with Crippen LogP contribution < -0.4 is 5.32 Å². The van der Waals surface area contributed by atoms with Gasteiger partial charge >= 0.3 is 0 Å². The molecule has 2 aromatic rings. The minimum absolute atomic E-state index is 0.291. The Hall–Kier alpha value is -2.01. The maximum atomic E-state index is 5.56. The average Bonchev–Trinajstić information content (AvgIpc) is 3.00. The molecule has 5 heteroatoms. The molecule has 0 aromatic carbocycles. The van der Waals surface area contributed by atoms with Crippen LogP contribution in [0.5, 0.6) is 0 Å². The standard InChI is InChI=1S/C15H18N4O/c1-11-14(5-2-6-16-11)12-8-17-15(18-9-12)19-10-13-4-3-7-20-13/h2,5-6,8-9,13H,3-4,7,10H2,1H3,(H,17,18,19). The smallest absolute Gasteiger partial charge is 0.222 e. The number of nitrogens with zero attached hydrogens (tertiary/aromatic N) is 3. The van der Waals surface area contributed by atoms with E-state index in [4.69, 9.17) is 4.74 Å². The first-order valence-corrected chi connectivity index (χ1v) is 6.92. The molecule has 1 aliphatic heterocycles. The number of hydrogen-bond donors (Lipinski definition) is 1. The van der Waals surface area contributed by atoms with Crippen LogP contribution in [0.25, 0.3) is 11.1 Å². The molecule has 0 spiro atoms. The number of anilines is 1. The summed E-state index contributed by atoms with van der Waals surface area (Å²) in [5.74, 6) is 0.644. The molecule has 3 rings (SSSR count). The number of nitrogens with one attached hydrogen (secondary N) is 1. The van der Waals surface area contributed by atoms with Crippen molar-refractivity contribution in [2.75, 3.05) is 18.5 Å². The van der Waals surface area contributed by atoms with Gasteiger partial charge in [0.15, 0.2) is 0 Å². The molecule has 1 fully saturated rings. The van der Waals surface area contributed by atoms with E-state index in [0.717, 1.165) is 42.8 Å². The third kappa shape index (κ3) is 2.93. The zero-order chi connectivity index (χ0) is 13.8. The van der Waals surface area contributed by atoms with Crippen LogP contribution in [-0.2, 0) is 4.74 Å². The van der Waals surface area contributed by atoms with Gasteiger partial charge in [0.1, 0.15) is 0 Å². The zero-order valence-corrected chi connectivity index (χ0v) is 11.5. The number of pyridine rings is 1. The van der Waals surface area contributed by atoms with E-state index in [1.165, 1.54) is 0 Å². The van der Waals surface area contributed by atoms with Gasteiger partial charge in [-0.05, 0) is 25.8 Å². The molecule has 2 aromatic heterocycles. The summed E-state index contributed by atoms with van der Waals surface area (Å²) >= 11 is 0. The summed E-state index contributed by atoms with van der Waals surface area (Å²) in [4.78, 5) is 13.0. The van der Waals surface area contributed by atoms with Gasteiger partial charge in [0.2, 0.25) is 5.95 Å². The first-order chi connectivity index (χ1) is 9.83. The van der Waals surface area contributed by atoms with Gasteiger partial charge in [-0.3, -0.25) is 4.98 Å². The molecule has 1 N–H and O–H groups in total. The highest BCUT2D eigenvalue weighted by molar-refractivity contribution is 5.64. The Kier molecular flexibility index (Phi) is 3.87. The van der Waals surface area contributed by atoms with Gasteiger partial charge in [0, 0.05) is 48.6 Å². The minimum Gasteiger partial charge on any atom is -0.376 e. The van der Waals surface area contributed by atoms with Crippen LogP contribution in [-0.4, -0.2) is 34.2 Å². The molecule has 1 unspecified atom stereocenters. The molecule has 0 bridgehead atoms. The Labute approximate surface area is 118 Å². The van der Waals surface area contributed by atoms with Crippen LogP contribution in [0.15, 0.2) is 30.7 Å². The van der Waals surface area contributed by atoms with Crippen LogP contribution in [0.1, 0.15) is 18.5 Å². The van der Waals surface area contributed by atoms with Crippen molar-refractivity contribution in [2.24, 2.45) is 0 Å². The lowest BCUT2D eigenvalue weighted by molar-refractivity contribution is 0.120. The second-order valence-corrected chi connectivity index (χ2v) is 4.95. The Bertz CT molecular complexity index is 564. The Balaban J connectivity index is 1.66. The van der Waals surface area contributed by atoms with Gasteiger partial charge in [-0.2, -0.15) is 0 Å². The molecule has 3 heterocycles. The summed E-state index contributed by atoms with van der Waals surface area (Å²) in [5.41, 5.74) is 3.03. The molecule has 0 aliphatic carbocycles. The Morgan fingerprint density at radius 3 is 2.85 bits per heavy atom. The van der Waals surface area contributed by atoms with Gasteiger partial charge in [0.05, 0.1) is 6.10 Å². The van der Waals surface area contributed by atoms with Crippen LogP contribution in [0, 0.1) is 6.92 Å². The molecule has 1 atom stereocenters. The predicted molar refractivity (Wildman–Crippen MR) is 77.5 cm³/mol. The third-order valence-corrected chi connectivity index (χ3v) is 3.48. The molecule has 1 aliphatic rings. The SMILES string of the molecule is Cc1ncccc1-c1cnc(NCC2CCCO2)nc1. The van der Waals surface area contributed by atoms with Crippen LogP contribution in [0.2, 0.25) is 0 Å². The van der Waals surface area contributed by atoms with Crippen molar-refractivity contribution in [1.29, 1.82) is 0 Å². The molecular weight excluding hydrogens is 252 g/mol. The molecule has 20 heavy (non-hydrogen) atoms. The monoisotopic (exact) mass is 270 g/mol. The summed E-state index contributed by atoms with van der Waals surface area (Å²) in [7, 11) is 0. The average molecular weight is 270 g/mol. The molecule has 5 nitrogen and oxygen atoms in total. The molecule has 0 amide bonds. The summed E-state index contributed by atoms with van der Waals surface area (Å²) in [6.07, 6.45) is 7.99. The second kappa shape index (κ2) is 5.96. The molecular formula is C15H18N4O. The van der Waals surface area contributed by atoms with Crippen LogP contribution >= 0.6 is 0 Å². The number of aryl methyl sites for hydroxylation is 1. The number of rotatable bonds is 4. The largest absolute Gasteiger partial charge is 0.376 e. The van der Waals surface area contributed by atoms with Crippen LogP contribution in [0.4, 0.5) is 5.95 Å². The van der Waals surface area contributed by atoms with E-state index in [1.807, 2.05) is 31.5 Å². The van der Waals surface area contributed by atoms with Crippen molar-refractivity contribution in [1.82, 2.24) is 15.0 Å². The summed E-state index contributed by atoms with van der Waals surface area (Å²) < 4.78 is 5.56. The van der Waals surface area contributed by atoms with E-state index < -0.39 is 0 Å². The lowest BCUT2D eigenvalue weighted by Gasteiger charge is -2.11. The lowest BCUT2D eigenvalue weighted by atomic mass is 10.1. The number of ether oxygens (including phenoxy) is 1. The maximum absolute atomic E-state index is 5.56. The highest BCUT2D eigenvalue weighted by Crippen LogP contribution is 2.20. The Morgan fingerprint density at radius 2 is 2.15 bits per heavy atom. The summed E-state index contributed by atoms with van der Waals surface area (Å²) in [6.45, 7) is 3.62.